The number of halogens is 1. The zero-order valence-electron chi connectivity index (χ0n) is 5.77. The quantitative estimate of drug-likeness (QED) is 0.473. The van der Waals surface area contributed by atoms with Crippen LogP contribution in [0.1, 0.15) is 0 Å². The van der Waals surface area contributed by atoms with Gasteiger partial charge in [-0.15, -0.1) is 0 Å². The average molecular weight is 171 g/mol. The molecule has 0 aromatic carbocycles. The van der Waals surface area contributed by atoms with Gasteiger partial charge in [-0.1, -0.05) is 6.58 Å². The van der Waals surface area contributed by atoms with Gasteiger partial charge in [-0.3, -0.25) is 4.79 Å². The van der Waals surface area contributed by atoms with Crippen molar-refractivity contribution >= 4 is 16.8 Å². The third-order valence-electron chi connectivity index (χ3n) is 0.638. The summed E-state index contributed by atoms with van der Waals surface area (Å²) in [6.07, 6.45) is 5.92. The van der Waals surface area contributed by atoms with Crippen LogP contribution in [0, 0.1) is 0 Å². The number of allylic oxidation sites excluding steroid dienone is 1. The number of rotatable bonds is 1. The molecule has 0 spiro atoms. The molecule has 0 aliphatic heterocycles. The smallest absolute Gasteiger partial charge is 0.244 e. The second kappa shape index (κ2) is 6.89. The highest BCUT2D eigenvalue weighted by Gasteiger charge is 1.74. The minimum atomic E-state index is -0.509. The van der Waals surface area contributed by atoms with Crippen molar-refractivity contribution < 1.29 is 4.79 Å². The fourth-order valence-electron chi connectivity index (χ4n) is 0.253. The molecule has 3 nitrogen and oxygen atoms in total. The van der Waals surface area contributed by atoms with Gasteiger partial charge in [0.2, 0.25) is 5.24 Å². The maximum absolute atomic E-state index is 9.46. The highest BCUT2D eigenvalue weighted by atomic mass is 35.5. The first-order valence-electron chi connectivity index (χ1n) is 2.79. The molecule has 0 aliphatic rings. The Labute approximate surface area is 69.7 Å². The van der Waals surface area contributed by atoms with E-state index in [9.17, 15) is 4.79 Å². The highest BCUT2D eigenvalue weighted by Crippen LogP contribution is 1.74. The fourth-order valence-corrected chi connectivity index (χ4v) is 0.253. The third-order valence-corrected chi connectivity index (χ3v) is 0.792. The number of carbonyl (C=O) groups excluding carboxylic acids is 1. The van der Waals surface area contributed by atoms with Gasteiger partial charge >= 0.3 is 0 Å². The molecule has 0 radical (unpaired) electrons. The summed E-state index contributed by atoms with van der Waals surface area (Å²) in [6.45, 7) is 3.08. The lowest BCUT2D eigenvalue weighted by atomic mass is 10.7. The van der Waals surface area contributed by atoms with Gasteiger partial charge in [-0.2, -0.15) is 0 Å². The largest absolute Gasteiger partial charge is 0.276 e. The molecule has 0 fully saturated rings. The van der Waals surface area contributed by atoms with E-state index in [-0.39, 0.29) is 0 Å². The number of nitrogens with zero attached hydrogens (tertiary/aromatic N) is 2. The summed E-state index contributed by atoms with van der Waals surface area (Å²) in [6, 6.07) is 1.78. The van der Waals surface area contributed by atoms with E-state index in [4.69, 9.17) is 11.6 Å². The first-order valence-corrected chi connectivity index (χ1v) is 3.17. The van der Waals surface area contributed by atoms with Crippen LogP contribution in [0.5, 0.6) is 0 Å². The van der Waals surface area contributed by atoms with E-state index in [0.29, 0.717) is 0 Å². The van der Waals surface area contributed by atoms with Gasteiger partial charge < -0.3 is 0 Å². The van der Waals surface area contributed by atoms with Crippen molar-refractivity contribution in [3.8, 4) is 0 Å². The lowest BCUT2D eigenvalue weighted by Gasteiger charge is -1.70. The molecule has 0 amide bonds. The maximum Gasteiger partial charge on any atom is 0.244 e. The Hall–Kier alpha value is -1.22. The van der Waals surface area contributed by atoms with Crippen molar-refractivity contribution in [1.29, 1.82) is 0 Å². The maximum atomic E-state index is 9.46. The van der Waals surface area contributed by atoms with Gasteiger partial charge in [0.1, 0.15) is 6.33 Å². The molecule has 1 aromatic rings. The third kappa shape index (κ3) is 8.78. The Morgan fingerprint density at radius 2 is 1.91 bits per heavy atom. The van der Waals surface area contributed by atoms with E-state index in [2.05, 4.69) is 16.5 Å². The molecule has 0 aliphatic carbocycles. The van der Waals surface area contributed by atoms with Gasteiger partial charge in [-0.25, -0.2) is 9.97 Å². The standard InChI is InChI=1S/C4H4N2.C3H3ClO/c1-2-5-4-6-3-1;1-2-3(4)5/h1-4H;2H,1H2. The number of hydrogen-bond acceptors (Lipinski definition) is 3. The summed E-state index contributed by atoms with van der Waals surface area (Å²) in [5.41, 5.74) is 0. The van der Waals surface area contributed by atoms with Crippen molar-refractivity contribution in [1.82, 2.24) is 9.97 Å². The van der Waals surface area contributed by atoms with Gasteiger partial charge in [-0.05, 0) is 23.7 Å². The van der Waals surface area contributed by atoms with Crippen molar-refractivity contribution in [3.05, 3.63) is 37.4 Å². The minimum absolute atomic E-state index is 0.509. The van der Waals surface area contributed by atoms with Gasteiger partial charge in [0.15, 0.2) is 0 Å². The fraction of sp³-hybridized carbons (Fsp3) is 0. The van der Waals surface area contributed by atoms with Crippen LogP contribution in [0.4, 0.5) is 0 Å². The summed E-state index contributed by atoms with van der Waals surface area (Å²) in [5.74, 6) is 0. The molecule has 0 saturated heterocycles. The first kappa shape index (κ1) is 9.78. The monoisotopic (exact) mass is 170 g/mol. The van der Waals surface area contributed by atoms with Crippen LogP contribution in [-0.2, 0) is 4.79 Å². The van der Waals surface area contributed by atoms with E-state index in [1.807, 2.05) is 0 Å². The molecule has 0 unspecified atom stereocenters. The van der Waals surface area contributed by atoms with Crippen molar-refractivity contribution in [2.45, 2.75) is 0 Å². The second-order valence-electron chi connectivity index (χ2n) is 1.41. The summed E-state index contributed by atoms with van der Waals surface area (Å²) < 4.78 is 0. The molecule has 1 aromatic heterocycles. The zero-order valence-corrected chi connectivity index (χ0v) is 6.53. The van der Waals surface area contributed by atoms with E-state index >= 15 is 0 Å². The Balaban J connectivity index is 0.000000187. The Morgan fingerprint density at radius 1 is 1.45 bits per heavy atom. The minimum Gasteiger partial charge on any atom is -0.276 e. The second-order valence-corrected chi connectivity index (χ2v) is 1.78. The molecular weight excluding hydrogens is 164 g/mol. The molecule has 0 saturated carbocycles. The summed E-state index contributed by atoms with van der Waals surface area (Å²) in [5, 5.41) is -0.509. The molecule has 0 N–H and O–H groups in total. The lowest BCUT2D eigenvalue weighted by molar-refractivity contribution is -0.107. The first-order chi connectivity index (χ1) is 5.27. The van der Waals surface area contributed by atoms with Crippen LogP contribution in [0.15, 0.2) is 37.4 Å². The zero-order chi connectivity index (χ0) is 8.53. The van der Waals surface area contributed by atoms with E-state index < -0.39 is 5.24 Å². The summed E-state index contributed by atoms with van der Waals surface area (Å²) >= 11 is 4.71. The van der Waals surface area contributed by atoms with Crippen LogP contribution in [0.3, 0.4) is 0 Å². The van der Waals surface area contributed by atoms with E-state index in [1.54, 1.807) is 18.5 Å². The highest BCUT2D eigenvalue weighted by molar-refractivity contribution is 6.66. The van der Waals surface area contributed by atoms with Crippen LogP contribution in [-0.4, -0.2) is 15.2 Å². The normalized spacial score (nSPS) is 7.36. The summed E-state index contributed by atoms with van der Waals surface area (Å²) in [4.78, 5) is 16.8. The lowest BCUT2D eigenvalue weighted by Crippen LogP contribution is -1.67. The van der Waals surface area contributed by atoms with Crippen LogP contribution in [0.25, 0.3) is 0 Å². The van der Waals surface area contributed by atoms with Crippen LogP contribution < -0.4 is 0 Å². The van der Waals surface area contributed by atoms with Gasteiger partial charge in [0, 0.05) is 12.4 Å². The predicted octanol–water partition coefficient (Wildman–Crippen LogP) is 1.41. The van der Waals surface area contributed by atoms with Crippen molar-refractivity contribution in [2.24, 2.45) is 0 Å². The molecule has 11 heavy (non-hydrogen) atoms. The molecule has 0 atom stereocenters. The molecule has 1 rings (SSSR count). The molecule has 0 bridgehead atoms. The number of carbonyl (C=O) groups is 1. The van der Waals surface area contributed by atoms with Crippen molar-refractivity contribution in [2.75, 3.05) is 0 Å². The van der Waals surface area contributed by atoms with Crippen LogP contribution in [0.2, 0.25) is 0 Å². The Bertz CT molecular complexity index is 186. The van der Waals surface area contributed by atoms with Crippen molar-refractivity contribution in [3.63, 3.8) is 0 Å². The number of aromatic nitrogens is 2. The number of hydrogen-bond donors (Lipinski definition) is 0. The van der Waals surface area contributed by atoms with Crippen LogP contribution >= 0.6 is 11.6 Å². The van der Waals surface area contributed by atoms with Gasteiger partial charge in [0.05, 0.1) is 0 Å². The molecule has 1 heterocycles. The van der Waals surface area contributed by atoms with Gasteiger partial charge in [0.25, 0.3) is 0 Å². The Kier molecular flexibility index (Phi) is 6.13. The molecular formula is C7H7ClN2O. The average Bonchev–Trinajstić information content (AvgIpc) is 2.09. The van der Waals surface area contributed by atoms with E-state index in [0.717, 1.165) is 6.08 Å². The van der Waals surface area contributed by atoms with E-state index in [1.165, 1.54) is 6.33 Å². The molecule has 4 heteroatoms. The predicted molar refractivity (Wildman–Crippen MR) is 43.1 cm³/mol. The summed E-state index contributed by atoms with van der Waals surface area (Å²) in [7, 11) is 0. The molecule has 58 valence electrons. The Morgan fingerprint density at radius 3 is 2.00 bits per heavy atom. The topological polar surface area (TPSA) is 42.9 Å². The SMILES string of the molecule is C=CC(=O)Cl.c1cncnc1.